The van der Waals surface area contributed by atoms with Gasteiger partial charge in [-0.2, -0.15) is 0 Å². The Balaban J connectivity index is 1.73. The summed E-state index contributed by atoms with van der Waals surface area (Å²) in [7, 11) is 3.81. The Hall–Kier alpha value is -2.40. The lowest BCUT2D eigenvalue weighted by Gasteiger charge is -2.12. The Kier molecular flexibility index (Phi) is 4.06. The van der Waals surface area contributed by atoms with Gasteiger partial charge in [0.1, 0.15) is 12.3 Å². The second kappa shape index (κ2) is 6.15. The summed E-state index contributed by atoms with van der Waals surface area (Å²) in [6, 6.07) is 12.6. The average molecular weight is 298 g/mol. The molecule has 0 aliphatic heterocycles. The Morgan fingerprint density at radius 2 is 1.82 bits per heavy atom. The second-order valence-corrected chi connectivity index (χ2v) is 5.57. The van der Waals surface area contributed by atoms with Crippen molar-refractivity contribution in [2.24, 2.45) is 0 Å². The van der Waals surface area contributed by atoms with E-state index in [1.165, 1.54) is 21.2 Å². The molecule has 3 aromatic rings. The Labute approximate surface area is 129 Å². The van der Waals surface area contributed by atoms with Gasteiger partial charge in [-0.05, 0) is 29.0 Å². The number of nitrogens with one attached hydrogen (secondary N) is 1. The van der Waals surface area contributed by atoms with Crippen LogP contribution in [0.2, 0.25) is 0 Å². The van der Waals surface area contributed by atoms with Crippen molar-refractivity contribution < 1.29 is 14.1 Å². The van der Waals surface area contributed by atoms with Gasteiger partial charge in [-0.3, -0.25) is 0 Å². The summed E-state index contributed by atoms with van der Waals surface area (Å²) >= 11 is 0. The van der Waals surface area contributed by atoms with E-state index in [0.717, 1.165) is 18.8 Å². The summed E-state index contributed by atoms with van der Waals surface area (Å²) in [6.45, 7) is 3.44. The van der Waals surface area contributed by atoms with Crippen LogP contribution >= 0.6 is 0 Å². The van der Waals surface area contributed by atoms with Crippen molar-refractivity contribution in [3.8, 4) is 5.75 Å². The Morgan fingerprint density at radius 1 is 1.05 bits per heavy atom. The predicted octanol–water partition coefficient (Wildman–Crippen LogP) is 1.75. The van der Waals surface area contributed by atoms with Gasteiger partial charge < -0.3 is 14.1 Å². The minimum Gasteiger partial charge on any atom is -0.497 e. The number of aromatic nitrogens is 2. The molecule has 2 aromatic carbocycles. The van der Waals surface area contributed by atoms with Crippen LogP contribution in [0.4, 0.5) is 0 Å². The molecule has 1 unspecified atom stereocenters. The molecule has 0 saturated heterocycles. The van der Waals surface area contributed by atoms with Gasteiger partial charge in [-0.1, -0.05) is 18.2 Å². The number of hydrogen-bond acceptors (Lipinski definition) is 4. The van der Waals surface area contributed by atoms with Crippen molar-refractivity contribution in [1.82, 2.24) is 10.2 Å². The maximum absolute atomic E-state index is 5.43. The molecule has 3 rings (SSSR count). The molecule has 0 spiro atoms. The first-order valence-corrected chi connectivity index (χ1v) is 7.31. The summed E-state index contributed by atoms with van der Waals surface area (Å²) in [5.74, 6) is 2.18. The van der Waals surface area contributed by atoms with Crippen LogP contribution in [0.5, 0.6) is 5.75 Å². The quantitative estimate of drug-likeness (QED) is 0.780. The van der Waals surface area contributed by atoms with E-state index in [0.29, 0.717) is 11.8 Å². The van der Waals surface area contributed by atoms with E-state index in [-0.39, 0.29) is 0 Å². The summed E-state index contributed by atoms with van der Waals surface area (Å²) in [5, 5.41) is 10.3. The van der Waals surface area contributed by atoms with E-state index in [2.05, 4.69) is 47.6 Å². The van der Waals surface area contributed by atoms with Gasteiger partial charge in [0.05, 0.1) is 14.2 Å². The van der Waals surface area contributed by atoms with Crippen LogP contribution in [0.15, 0.2) is 40.8 Å². The van der Waals surface area contributed by atoms with Gasteiger partial charge in [0.15, 0.2) is 6.54 Å². The zero-order chi connectivity index (χ0) is 15.5. The van der Waals surface area contributed by atoms with Crippen molar-refractivity contribution in [3.05, 3.63) is 53.7 Å². The number of ether oxygens (including phenoxy) is 1. The SMILES string of the molecule is COc1ccc2cc(C[NH+](C)Cc3nnc(C)o3)ccc2c1. The van der Waals surface area contributed by atoms with Crippen molar-refractivity contribution in [2.75, 3.05) is 14.2 Å². The Bertz CT molecular complexity index is 782. The van der Waals surface area contributed by atoms with Crippen molar-refractivity contribution in [2.45, 2.75) is 20.0 Å². The highest BCUT2D eigenvalue weighted by Gasteiger charge is 2.11. The number of methoxy groups -OCH3 is 1. The third kappa shape index (κ3) is 3.26. The van der Waals surface area contributed by atoms with Crippen LogP contribution in [0.25, 0.3) is 10.8 Å². The molecule has 0 aliphatic rings. The van der Waals surface area contributed by atoms with Crippen LogP contribution in [0.3, 0.4) is 0 Å². The van der Waals surface area contributed by atoms with E-state index in [4.69, 9.17) is 9.15 Å². The van der Waals surface area contributed by atoms with Gasteiger partial charge in [0, 0.05) is 12.5 Å². The fraction of sp³-hybridized carbons (Fsp3) is 0.294. The van der Waals surface area contributed by atoms with E-state index in [9.17, 15) is 0 Å². The lowest BCUT2D eigenvalue weighted by atomic mass is 10.1. The smallest absolute Gasteiger partial charge is 0.271 e. The fourth-order valence-electron chi connectivity index (χ4n) is 2.59. The van der Waals surface area contributed by atoms with Crippen LogP contribution in [-0.4, -0.2) is 24.4 Å². The standard InChI is InChI=1S/C17H19N3O2/c1-12-18-19-17(22-12)11-20(2)10-13-4-5-15-9-16(21-3)7-6-14(15)8-13/h4-9H,10-11H2,1-3H3/p+1. The molecular formula is C17H20N3O2+. The molecule has 1 heterocycles. The summed E-state index contributed by atoms with van der Waals surface area (Å²) < 4.78 is 10.7. The van der Waals surface area contributed by atoms with E-state index >= 15 is 0 Å². The molecular weight excluding hydrogens is 278 g/mol. The summed E-state index contributed by atoms with van der Waals surface area (Å²) in [6.07, 6.45) is 0. The summed E-state index contributed by atoms with van der Waals surface area (Å²) in [5.41, 5.74) is 1.28. The Morgan fingerprint density at radius 3 is 2.55 bits per heavy atom. The number of benzene rings is 2. The van der Waals surface area contributed by atoms with Gasteiger partial charge in [0.2, 0.25) is 5.89 Å². The van der Waals surface area contributed by atoms with Gasteiger partial charge in [0.25, 0.3) is 5.89 Å². The summed E-state index contributed by atoms with van der Waals surface area (Å²) in [4.78, 5) is 1.30. The third-order valence-electron chi connectivity index (χ3n) is 3.64. The van der Waals surface area contributed by atoms with Gasteiger partial charge in [-0.15, -0.1) is 10.2 Å². The van der Waals surface area contributed by atoms with E-state index < -0.39 is 0 Å². The predicted molar refractivity (Wildman–Crippen MR) is 83.8 cm³/mol. The van der Waals surface area contributed by atoms with Crippen molar-refractivity contribution in [1.29, 1.82) is 0 Å². The molecule has 0 fully saturated rings. The third-order valence-corrected chi connectivity index (χ3v) is 3.64. The van der Waals surface area contributed by atoms with Crippen molar-refractivity contribution in [3.63, 3.8) is 0 Å². The van der Waals surface area contributed by atoms with Crippen LogP contribution in [0.1, 0.15) is 17.3 Å². The highest BCUT2D eigenvalue weighted by atomic mass is 16.5. The van der Waals surface area contributed by atoms with Gasteiger partial charge >= 0.3 is 0 Å². The molecule has 1 aromatic heterocycles. The minimum absolute atomic E-state index is 0.613. The van der Waals surface area contributed by atoms with Crippen molar-refractivity contribution >= 4 is 10.8 Å². The highest BCUT2D eigenvalue weighted by molar-refractivity contribution is 5.84. The monoisotopic (exact) mass is 298 g/mol. The topological polar surface area (TPSA) is 52.6 Å². The molecule has 0 saturated carbocycles. The maximum atomic E-state index is 5.43. The molecule has 0 bridgehead atoms. The first kappa shape index (κ1) is 14.5. The van der Waals surface area contributed by atoms with Crippen LogP contribution in [-0.2, 0) is 13.1 Å². The van der Waals surface area contributed by atoms with Crippen LogP contribution < -0.4 is 9.64 Å². The second-order valence-electron chi connectivity index (χ2n) is 5.57. The molecule has 0 amide bonds. The molecule has 0 aliphatic carbocycles. The molecule has 0 radical (unpaired) electrons. The first-order valence-electron chi connectivity index (χ1n) is 7.31. The molecule has 1 N–H and O–H groups in total. The minimum atomic E-state index is 0.613. The molecule has 5 heteroatoms. The first-order chi connectivity index (χ1) is 10.6. The maximum Gasteiger partial charge on any atom is 0.271 e. The number of rotatable bonds is 5. The number of fused-ring (bicyclic) bond motifs is 1. The number of hydrogen-bond donors (Lipinski definition) is 1. The van der Waals surface area contributed by atoms with Gasteiger partial charge in [-0.25, -0.2) is 0 Å². The lowest BCUT2D eigenvalue weighted by molar-refractivity contribution is -0.909. The fourth-order valence-corrected chi connectivity index (χ4v) is 2.59. The highest BCUT2D eigenvalue weighted by Crippen LogP contribution is 2.21. The molecule has 114 valence electrons. The molecule has 5 nitrogen and oxygen atoms in total. The zero-order valence-corrected chi connectivity index (χ0v) is 13.1. The molecule has 1 atom stereocenters. The number of quaternary nitrogens is 1. The number of aryl methyl sites for hydroxylation is 1. The normalized spacial score (nSPS) is 12.5. The van der Waals surface area contributed by atoms with Crippen LogP contribution in [0, 0.1) is 6.92 Å². The number of nitrogens with zero attached hydrogens (tertiary/aromatic N) is 2. The molecule has 22 heavy (non-hydrogen) atoms. The average Bonchev–Trinajstić information content (AvgIpc) is 2.91. The van der Waals surface area contributed by atoms with E-state index in [1.807, 2.05) is 13.0 Å². The van der Waals surface area contributed by atoms with E-state index in [1.54, 1.807) is 7.11 Å². The zero-order valence-electron chi connectivity index (χ0n) is 13.1. The lowest BCUT2D eigenvalue weighted by Crippen LogP contribution is -3.06. The largest absolute Gasteiger partial charge is 0.497 e.